The maximum absolute atomic E-state index is 11.9. The minimum absolute atomic E-state index is 0.146. The highest BCUT2D eigenvalue weighted by atomic mass is 16.6. The SMILES string of the molecule is CC(C)c1c(O)c(C=O)c2c(c1O)OC(O)[C@H]1C(C)(C)CCC[C@]21C. The number of phenolic OH excluding ortho intramolecular Hbond substituents is 2. The van der Waals surface area contributed by atoms with Gasteiger partial charge >= 0.3 is 0 Å². The maximum Gasteiger partial charge on any atom is 0.201 e. The number of carbonyl (C=O) groups is 1. The van der Waals surface area contributed by atoms with Crippen molar-refractivity contribution in [2.75, 3.05) is 0 Å². The number of aromatic hydroxyl groups is 2. The summed E-state index contributed by atoms with van der Waals surface area (Å²) < 4.78 is 5.76. The first-order valence-electron chi connectivity index (χ1n) is 8.98. The van der Waals surface area contributed by atoms with Gasteiger partial charge < -0.3 is 20.1 Å². The van der Waals surface area contributed by atoms with Crippen LogP contribution in [0.4, 0.5) is 0 Å². The van der Waals surface area contributed by atoms with Crippen molar-refractivity contribution in [2.45, 2.75) is 71.5 Å². The number of phenols is 2. The molecular weight excluding hydrogens is 320 g/mol. The third kappa shape index (κ3) is 2.35. The minimum Gasteiger partial charge on any atom is -0.507 e. The van der Waals surface area contributed by atoms with Crippen molar-refractivity contribution in [1.29, 1.82) is 0 Å². The van der Waals surface area contributed by atoms with Gasteiger partial charge in [-0.3, -0.25) is 4.79 Å². The van der Waals surface area contributed by atoms with Crippen molar-refractivity contribution in [3.63, 3.8) is 0 Å². The van der Waals surface area contributed by atoms with Gasteiger partial charge in [-0.15, -0.1) is 0 Å². The third-order valence-electron chi connectivity index (χ3n) is 6.31. The van der Waals surface area contributed by atoms with Gasteiger partial charge in [0.15, 0.2) is 17.8 Å². The number of fused-ring (bicyclic) bond motifs is 3. The molecule has 0 aromatic heterocycles. The summed E-state index contributed by atoms with van der Waals surface area (Å²) in [4.78, 5) is 11.9. The Kier molecular flexibility index (Phi) is 4.06. The fourth-order valence-corrected chi connectivity index (χ4v) is 5.34. The molecule has 0 bridgehead atoms. The number of benzene rings is 1. The van der Waals surface area contributed by atoms with Crippen molar-refractivity contribution in [3.05, 3.63) is 16.7 Å². The van der Waals surface area contributed by atoms with E-state index in [0.29, 0.717) is 11.8 Å². The number of rotatable bonds is 2. The Labute approximate surface area is 148 Å². The number of hydrogen-bond donors (Lipinski definition) is 3. The molecule has 1 aromatic carbocycles. The van der Waals surface area contributed by atoms with E-state index < -0.39 is 11.7 Å². The molecule has 1 aromatic rings. The van der Waals surface area contributed by atoms with Crippen molar-refractivity contribution < 1.29 is 24.9 Å². The highest BCUT2D eigenvalue weighted by Gasteiger charge is 2.57. The van der Waals surface area contributed by atoms with E-state index in [1.807, 2.05) is 20.8 Å². The van der Waals surface area contributed by atoms with Crippen LogP contribution in [-0.4, -0.2) is 27.9 Å². The molecule has 1 fully saturated rings. The summed E-state index contributed by atoms with van der Waals surface area (Å²) in [6.45, 7) is 9.83. The molecule has 5 nitrogen and oxygen atoms in total. The van der Waals surface area contributed by atoms with Crippen LogP contribution < -0.4 is 4.74 Å². The molecule has 2 aliphatic rings. The second-order valence-corrected chi connectivity index (χ2v) is 8.75. The van der Waals surface area contributed by atoms with E-state index in [-0.39, 0.29) is 45.6 Å². The lowest BCUT2D eigenvalue weighted by molar-refractivity contribution is -0.156. The molecule has 1 saturated carbocycles. The van der Waals surface area contributed by atoms with E-state index in [1.54, 1.807) is 0 Å². The lowest BCUT2D eigenvalue weighted by Gasteiger charge is -2.55. The van der Waals surface area contributed by atoms with Crippen LogP contribution in [0.2, 0.25) is 0 Å². The van der Waals surface area contributed by atoms with Crippen LogP contribution in [0.15, 0.2) is 0 Å². The van der Waals surface area contributed by atoms with Gasteiger partial charge in [-0.1, -0.05) is 41.0 Å². The average molecular weight is 348 g/mol. The standard InChI is InChI=1S/C20H28O5/c1-10(2)12-14(22)11(9-21)13-16(15(12)23)25-18(24)17-19(3,4)7-6-8-20(13,17)5/h9-10,17-18,22-24H,6-8H2,1-5H3/t17-,18?,20+/m0/s1. The monoisotopic (exact) mass is 348 g/mol. The molecule has 1 heterocycles. The zero-order chi connectivity index (χ0) is 18.7. The molecule has 3 N–H and O–H groups in total. The van der Waals surface area contributed by atoms with Gasteiger partial charge in [0.25, 0.3) is 0 Å². The molecule has 25 heavy (non-hydrogen) atoms. The molecule has 0 amide bonds. The van der Waals surface area contributed by atoms with E-state index in [9.17, 15) is 20.1 Å². The summed E-state index contributed by atoms with van der Waals surface area (Å²) in [6, 6.07) is 0. The summed E-state index contributed by atoms with van der Waals surface area (Å²) >= 11 is 0. The first-order chi connectivity index (χ1) is 11.6. The second-order valence-electron chi connectivity index (χ2n) is 8.75. The Hall–Kier alpha value is -1.75. The van der Waals surface area contributed by atoms with Gasteiger partial charge in [0, 0.05) is 22.5 Å². The van der Waals surface area contributed by atoms with Crippen LogP contribution in [0.1, 0.15) is 81.3 Å². The normalized spacial score (nSPS) is 30.4. The van der Waals surface area contributed by atoms with Crippen molar-refractivity contribution >= 4 is 6.29 Å². The van der Waals surface area contributed by atoms with Crippen LogP contribution >= 0.6 is 0 Å². The molecule has 5 heteroatoms. The first kappa shape index (κ1) is 18.1. The van der Waals surface area contributed by atoms with E-state index >= 15 is 0 Å². The smallest absolute Gasteiger partial charge is 0.201 e. The molecule has 0 radical (unpaired) electrons. The number of aldehydes is 1. The van der Waals surface area contributed by atoms with E-state index in [4.69, 9.17) is 4.74 Å². The molecule has 3 atom stereocenters. The largest absolute Gasteiger partial charge is 0.507 e. The quantitative estimate of drug-likeness (QED) is 0.707. The summed E-state index contributed by atoms with van der Waals surface area (Å²) in [7, 11) is 0. The van der Waals surface area contributed by atoms with Gasteiger partial charge in [-0.25, -0.2) is 0 Å². The van der Waals surface area contributed by atoms with Gasteiger partial charge in [-0.05, 0) is 24.2 Å². The summed E-state index contributed by atoms with van der Waals surface area (Å²) in [5.74, 6) is -0.630. The topological polar surface area (TPSA) is 87.0 Å². The first-order valence-corrected chi connectivity index (χ1v) is 8.98. The predicted molar refractivity (Wildman–Crippen MR) is 94.4 cm³/mol. The zero-order valence-electron chi connectivity index (χ0n) is 15.6. The molecule has 1 aliphatic heterocycles. The fourth-order valence-electron chi connectivity index (χ4n) is 5.34. The molecule has 1 unspecified atom stereocenters. The third-order valence-corrected chi connectivity index (χ3v) is 6.31. The number of carbonyl (C=O) groups excluding carboxylic acids is 1. The Morgan fingerprint density at radius 3 is 2.36 bits per heavy atom. The second kappa shape index (κ2) is 5.63. The van der Waals surface area contributed by atoms with Gasteiger partial charge in [0.2, 0.25) is 6.29 Å². The average Bonchev–Trinajstić information content (AvgIpc) is 2.47. The molecule has 1 aliphatic carbocycles. The highest BCUT2D eigenvalue weighted by Crippen LogP contribution is 2.62. The van der Waals surface area contributed by atoms with Crippen LogP contribution in [-0.2, 0) is 5.41 Å². The Balaban J connectivity index is 2.37. The molecule has 0 spiro atoms. The number of hydrogen-bond acceptors (Lipinski definition) is 5. The Bertz CT molecular complexity index is 722. The zero-order valence-corrected chi connectivity index (χ0v) is 15.6. The van der Waals surface area contributed by atoms with Crippen LogP contribution in [0.3, 0.4) is 0 Å². The highest BCUT2D eigenvalue weighted by molar-refractivity contribution is 5.87. The number of aliphatic hydroxyl groups is 1. The minimum atomic E-state index is -1.07. The van der Waals surface area contributed by atoms with Crippen LogP contribution in [0, 0.1) is 11.3 Å². The fraction of sp³-hybridized carbons (Fsp3) is 0.650. The van der Waals surface area contributed by atoms with E-state index in [2.05, 4.69) is 13.8 Å². The number of ether oxygens (including phenoxy) is 1. The van der Waals surface area contributed by atoms with Gasteiger partial charge in [0.05, 0.1) is 5.56 Å². The van der Waals surface area contributed by atoms with Crippen molar-refractivity contribution in [3.8, 4) is 17.2 Å². The Morgan fingerprint density at radius 2 is 1.80 bits per heavy atom. The lowest BCUT2D eigenvalue weighted by atomic mass is 9.52. The van der Waals surface area contributed by atoms with Gasteiger partial charge in [0.1, 0.15) is 5.75 Å². The van der Waals surface area contributed by atoms with E-state index in [1.165, 1.54) is 0 Å². The molecule has 3 rings (SSSR count). The maximum atomic E-state index is 11.9. The van der Waals surface area contributed by atoms with Gasteiger partial charge in [-0.2, -0.15) is 0 Å². The van der Waals surface area contributed by atoms with Crippen molar-refractivity contribution in [2.24, 2.45) is 11.3 Å². The van der Waals surface area contributed by atoms with Crippen LogP contribution in [0.5, 0.6) is 17.2 Å². The Morgan fingerprint density at radius 1 is 1.16 bits per heavy atom. The summed E-state index contributed by atoms with van der Waals surface area (Å²) in [5.41, 5.74) is 0.241. The summed E-state index contributed by atoms with van der Waals surface area (Å²) in [6.07, 6.45) is 2.22. The van der Waals surface area contributed by atoms with Crippen LogP contribution in [0.25, 0.3) is 0 Å². The lowest BCUT2D eigenvalue weighted by Crippen LogP contribution is -2.55. The van der Waals surface area contributed by atoms with Crippen molar-refractivity contribution in [1.82, 2.24) is 0 Å². The number of aliphatic hydroxyl groups excluding tert-OH is 1. The predicted octanol–water partition coefficient (Wildman–Crippen LogP) is 3.83. The molecular formula is C20H28O5. The molecule has 138 valence electrons. The summed E-state index contributed by atoms with van der Waals surface area (Å²) in [5, 5.41) is 32.2. The van der Waals surface area contributed by atoms with E-state index in [0.717, 1.165) is 19.3 Å². The molecule has 0 saturated heterocycles.